The van der Waals surface area contributed by atoms with E-state index >= 15 is 0 Å². The number of aromatic nitrogens is 5. The zero-order valence-electron chi connectivity index (χ0n) is 15.9. The highest BCUT2D eigenvalue weighted by molar-refractivity contribution is 5.96. The Kier molecular flexibility index (Phi) is 5.04. The topological polar surface area (TPSA) is 132 Å². The number of carbonyl (C=O) groups excluding carboxylic acids is 1. The summed E-state index contributed by atoms with van der Waals surface area (Å²) in [5.74, 6) is -0.640. The Balaban J connectivity index is 1.64. The van der Waals surface area contributed by atoms with Gasteiger partial charge in [0.15, 0.2) is 0 Å². The second-order valence-corrected chi connectivity index (χ2v) is 6.50. The minimum Gasteiger partial charge on any atom is -0.346 e. The van der Waals surface area contributed by atoms with Gasteiger partial charge in [0.2, 0.25) is 5.69 Å². The first-order valence-corrected chi connectivity index (χ1v) is 9.06. The van der Waals surface area contributed by atoms with Crippen LogP contribution in [0.2, 0.25) is 0 Å². The first-order chi connectivity index (χ1) is 14.5. The molecule has 4 rings (SSSR count). The number of para-hydroxylation sites is 1. The number of aryl methyl sites for hydroxylation is 1. The second kappa shape index (κ2) is 7.95. The maximum absolute atomic E-state index is 12.5. The molecule has 2 N–H and O–H groups in total. The summed E-state index contributed by atoms with van der Waals surface area (Å²) >= 11 is 0. The Bertz CT molecular complexity index is 1200. The third-order valence-corrected chi connectivity index (χ3v) is 4.52. The number of nitrogens with one attached hydrogen (secondary N) is 2. The smallest absolute Gasteiger partial charge is 0.322 e. The number of carbonyl (C=O) groups is 1. The number of amides is 1. The van der Waals surface area contributed by atoms with E-state index in [0.29, 0.717) is 5.69 Å². The van der Waals surface area contributed by atoms with E-state index in [4.69, 9.17) is 0 Å². The third-order valence-electron chi connectivity index (χ3n) is 4.52. The molecule has 0 fully saturated rings. The summed E-state index contributed by atoms with van der Waals surface area (Å²) in [4.78, 5) is 27.2. The quantitative estimate of drug-likeness (QED) is 0.376. The molecule has 0 spiro atoms. The van der Waals surface area contributed by atoms with Crippen LogP contribution in [0.15, 0.2) is 61.1 Å². The molecule has 3 heterocycles. The molecule has 0 radical (unpaired) electrons. The van der Waals surface area contributed by atoms with Gasteiger partial charge in [-0.15, -0.1) is 0 Å². The minimum atomic E-state index is -0.640. The van der Waals surface area contributed by atoms with Crippen molar-refractivity contribution >= 4 is 11.6 Å². The van der Waals surface area contributed by atoms with Gasteiger partial charge in [0.05, 0.1) is 16.3 Å². The van der Waals surface area contributed by atoms with Crippen LogP contribution in [0.4, 0.5) is 5.69 Å². The van der Waals surface area contributed by atoms with Crippen molar-refractivity contribution in [3.8, 4) is 16.9 Å². The van der Waals surface area contributed by atoms with Crippen LogP contribution in [-0.2, 0) is 6.54 Å². The van der Waals surface area contributed by atoms with Crippen molar-refractivity contribution < 1.29 is 9.72 Å². The standard InChI is InChI=1S/C20H17N7O3/c1-13-19(27(29)30)18(24-23-13)20(28)22-11-15-12-26(16-5-3-2-4-6-16)25-17(15)14-7-9-21-10-8-14/h2-10,12H,11H2,1H3,(H,22,28)(H,23,24). The molecule has 0 aliphatic carbocycles. The number of nitrogens with zero attached hydrogens (tertiary/aromatic N) is 5. The summed E-state index contributed by atoms with van der Waals surface area (Å²) in [5, 5.41) is 24.9. The van der Waals surface area contributed by atoms with Crippen molar-refractivity contribution in [3.05, 3.63) is 88.1 Å². The predicted octanol–water partition coefficient (Wildman–Crippen LogP) is 2.80. The van der Waals surface area contributed by atoms with E-state index in [9.17, 15) is 14.9 Å². The number of aromatic amines is 1. The lowest BCUT2D eigenvalue weighted by molar-refractivity contribution is -0.385. The number of hydrogen-bond donors (Lipinski definition) is 2. The molecule has 0 saturated heterocycles. The zero-order valence-corrected chi connectivity index (χ0v) is 15.9. The normalized spacial score (nSPS) is 10.7. The van der Waals surface area contributed by atoms with Crippen molar-refractivity contribution in [2.75, 3.05) is 0 Å². The van der Waals surface area contributed by atoms with Gasteiger partial charge in [-0.2, -0.15) is 10.2 Å². The summed E-state index contributed by atoms with van der Waals surface area (Å²) < 4.78 is 1.72. The molecule has 10 nitrogen and oxygen atoms in total. The number of nitro groups is 1. The van der Waals surface area contributed by atoms with E-state index in [1.54, 1.807) is 17.1 Å². The Morgan fingerprint density at radius 3 is 2.63 bits per heavy atom. The van der Waals surface area contributed by atoms with Crippen molar-refractivity contribution in [3.63, 3.8) is 0 Å². The van der Waals surface area contributed by atoms with Crippen molar-refractivity contribution in [1.29, 1.82) is 0 Å². The molecule has 0 aliphatic heterocycles. The molecule has 0 aliphatic rings. The van der Waals surface area contributed by atoms with Gasteiger partial charge < -0.3 is 5.32 Å². The Hall–Kier alpha value is -4.34. The maximum Gasteiger partial charge on any atom is 0.322 e. The van der Waals surface area contributed by atoms with Crippen LogP contribution in [-0.4, -0.2) is 35.8 Å². The average Bonchev–Trinajstić information content (AvgIpc) is 3.37. The maximum atomic E-state index is 12.5. The van der Waals surface area contributed by atoms with E-state index in [0.717, 1.165) is 16.8 Å². The van der Waals surface area contributed by atoms with Gasteiger partial charge in [-0.3, -0.25) is 25.0 Å². The lowest BCUT2D eigenvalue weighted by Crippen LogP contribution is -2.24. The average molecular weight is 403 g/mol. The summed E-state index contributed by atoms with van der Waals surface area (Å²) in [6, 6.07) is 13.2. The van der Waals surface area contributed by atoms with Crippen molar-refractivity contribution in [2.24, 2.45) is 0 Å². The lowest BCUT2D eigenvalue weighted by Gasteiger charge is -2.04. The van der Waals surface area contributed by atoms with Gasteiger partial charge in [0.25, 0.3) is 5.91 Å². The molecule has 30 heavy (non-hydrogen) atoms. The highest BCUT2D eigenvalue weighted by Gasteiger charge is 2.27. The van der Waals surface area contributed by atoms with Gasteiger partial charge in [-0.25, -0.2) is 4.68 Å². The first-order valence-electron chi connectivity index (χ1n) is 9.06. The van der Waals surface area contributed by atoms with Crippen molar-refractivity contribution in [1.82, 2.24) is 30.3 Å². The second-order valence-electron chi connectivity index (χ2n) is 6.50. The molecule has 0 atom stereocenters. The SMILES string of the molecule is Cc1[nH]nc(C(=O)NCc2cn(-c3ccccc3)nc2-c2ccncc2)c1[N+](=O)[O-]. The fraction of sp³-hybridized carbons (Fsp3) is 0.100. The van der Waals surface area contributed by atoms with Gasteiger partial charge in [-0.05, 0) is 31.2 Å². The number of benzene rings is 1. The zero-order chi connectivity index (χ0) is 21.1. The van der Waals surface area contributed by atoms with E-state index in [2.05, 4.69) is 25.6 Å². The third kappa shape index (κ3) is 3.65. The van der Waals surface area contributed by atoms with Crippen LogP contribution < -0.4 is 5.32 Å². The van der Waals surface area contributed by atoms with Crippen LogP contribution in [0.5, 0.6) is 0 Å². The largest absolute Gasteiger partial charge is 0.346 e. The van der Waals surface area contributed by atoms with Gasteiger partial charge in [0.1, 0.15) is 5.69 Å². The fourth-order valence-corrected chi connectivity index (χ4v) is 3.07. The molecule has 0 bridgehead atoms. The van der Waals surface area contributed by atoms with Crippen LogP contribution in [0.3, 0.4) is 0 Å². The van der Waals surface area contributed by atoms with E-state index in [-0.39, 0.29) is 23.6 Å². The minimum absolute atomic E-state index is 0.117. The van der Waals surface area contributed by atoms with E-state index in [1.807, 2.05) is 48.7 Å². The number of pyridine rings is 1. The monoisotopic (exact) mass is 403 g/mol. The summed E-state index contributed by atoms with van der Waals surface area (Å²) in [6.07, 6.45) is 5.14. The van der Waals surface area contributed by atoms with Crippen molar-refractivity contribution in [2.45, 2.75) is 13.5 Å². The van der Waals surface area contributed by atoms with Crippen LogP contribution in [0, 0.1) is 17.0 Å². The van der Waals surface area contributed by atoms with Gasteiger partial charge in [-0.1, -0.05) is 18.2 Å². The first kappa shape index (κ1) is 19.0. The van der Waals surface area contributed by atoms with Crippen LogP contribution in [0.25, 0.3) is 16.9 Å². The lowest BCUT2D eigenvalue weighted by atomic mass is 10.1. The molecular formula is C20H17N7O3. The number of hydrogen-bond acceptors (Lipinski definition) is 6. The molecule has 4 aromatic rings. The molecule has 1 amide bonds. The number of rotatable bonds is 6. The summed E-state index contributed by atoms with van der Waals surface area (Å²) in [7, 11) is 0. The van der Waals surface area contributed by atoms with Crippen LogP contribution in [0.1, 0.15) is 21.7 Å². The fourth-order valence-electron chi connectivity index (χ4n) is 3.07. The summed E-state index contributed by atoms with van der Waals surface area (Å²) in [6.45, 7) is 1.61. The Labute approximate surface area is 170 Å². The Morgan fingerprint density at radius 1 is 1.20 bits per heavy atom. The van der Waals surface area contributed by atoms with Crippen LogP contribution >= 0.6 is 0 Å². The molecule has 1 aromatic carbocycles. The molecule has 3 aromatic heterocycles. The van der Waals surface area contributed by atoms with E-state index in [1.165, 1.54) is 6.92 Å². The molecule has 150 valence electrons. The molecule has 0 unspecified atom stereocenters. The van der Waals surface area contributed by atoms with Gasteiger partial charge in [0, 0.05) is 36.3 Å². The highest BCUT2D eigenvalue weighted by atomic mass is 16.6. The molecule has 10 heteroatoms. The molecule has 0 saturated carbocycles. The highest BCUT2D eigenvalue weighted by Crippen LogP contribution is 2.24. The van der Waals surface area contributed by atoms with Gasteiger partial charge >= 0.3 is 5.69 Å². The summed E-state index contributed by atoms with van der Waals surface area (Å²) in [5.41, 5.74) is 2.76. The predicted molar refractivity (Wildman–Crippen MR) is 108 cm³/mol. The number of H-pyrrole nitrogens is 1. The molecular weight excluding hydrogens is 386 g/mol. The van der Waals surface area contributed by atoms with E-state index < -0.39 is 10.8 Å². The Morgan fingerprint density at radius 2 is 1.93 bits per heavy atom.